The number of hydrogen-bond donors (Lipinski definition) is 1. The van der Waals surface area contributed by atoms with Crippen LogP contribution >= 0.6 is 0 Å². The van der Waals surface area contributed by atoms with Gasteiger partial charge in [-0.15, -0.1) is 0 Å². The predicted octanol–water partition coefficient (Wildman–Crippen LogP) is 6.06. The van der Waals surface area contributed by atoms with Gasteiger partial charge in [0.2, 0.25) is 0 Å². The number of allylic oxidation sites excluding steroid dienone is 4. The maximum Gasteiger partial charge on any atom is 0.200 e. The van der Waals surface area contributed by atoms with E-state index in [1.165, 1.54) is 0 Å². The van der Waals surface area contributed by atoms with E-state index in [0.29, 0.717) is 47.5 Å². The van der Waals surface area contributed by atoms with Crippen LogP contribution in [0.5, 0.6) is 17.2 Å². The van der Waals surface area contributed by atoms with E-state index >= 15 is 0 Å². The second-order valence-corrected chi connectivity index (χ2v) is 12.5. The first-order chi connectivity index (χ1) is 17.8. The number of carbonyl (C=O) groups excluding carboxylic acids is 2. The van der Waals surface area contributed by atoms with Crippen molar-refractivity contribution in [2.24, 2.45) is 11.8 Å². The first-order valence-electron chi connectivity index (χ1n) is 13.6. The fourth-order valence-electron chi connectivity index (χ4n) is 7.30. The summed E-state index contributed by atoms with van der Waals surface area (Å²) in [6.45, 7) is 13.9. The Morgan fingerprint density at radius 3 is 2.50 bits per heavy atom. The molecule has 5 atom stereocenters. The molecule has 0 amide bonds. The first kappa shape index (κ1) is 25.2. The van der Waals surface area contributed by atoms with E-state index in [9.17, 15) is 14.7 Å². The molecule has 3 aliphatic carbocycles. The predicted molar refractivity (Wildman–Crippen MR) is 145 cm³/mol. The largest absolute Gasteiger partial charge is 0.506 e. The standard InChI is InChI=1S/C32H36O6/c1-16(2)8-10-21-27-20(11-9-18(5)36-27)25(33)24-26(34)22-14-19-15-23-30(6,7)38-31(29(19)35,13-12-17(3)4)32(22,23)37-28(21)24/h8-9,11-12,14,18-19,23,33H,10,13,15H2,1-7H3/t18-,19+,23-,31-,32+/m0/s1. The molecule has 1 N–H and O–H groups in total. The third-order valence-electron chi connectivity index (χ3n) is 8.96. The number of aromatic hydroxyl groups is 1. The third kappa shape index (κ3) is 3.04. The molecule has 1 aromatic carbocycles. The van der Waals surface area contributed by atoms with Crippen molar-refractivity contribution in [3.8, 4) is 17.2 Å². The van der Waals surface area contributed by atoms with Crippen molar-refractivity contribution in [3.05, 3.63) is 57.7 Å². The number of benzene rings is 1. The summed E-state index contributed by atoms with van der Waals surface area (Å²) >= 11 is 0. The molecule has 6 heteroatoms. The number of phenols is 1. The van der Waals surface area contributed by atoms with E-state index in [0.717, 1.165) is 11.1 Å². The summed E-state index contributed by atoms with van der Waals surface area (Å²) in [5.41, 5.74) is 0.658. The normalized spacial score (nSPS) is 32.9. The van der Waals surface area contributed by atoms with Crippen LogP contribution in [0, 0.1) is 11.8 Å². The summed E-state index contributed by atoms with van der Waals surface area (Å²) < 4.78 is 20.1. The number of fused-ring (bicyclic) bond motifs is 2. The Bertz CT molecular complexity index is 1410. The van der Waals surface area contributed by atoms with Gasteiger partial charge in [-0.3, -0.25) is 9.59 Å². The fourth-order valence-corrected chi connectivity index (χ4v) is 7.30. The molecule has 2 fully saturated rings. The highest BCUT2D eigenvalue weighted by molar-refractivity contribution is 6.19. The average molecular weight is 517 g/mol. The molecule has 0 unspecified atom stereocenters. The van der Waals surface area contributed by atoms with Crippen molar-refractivity contribution in [1.29, 1.82) is 0 Å². The summed E-state index contributed by atoms with van der Waals surface area (Å²) in [5.74, 6) is -0.267. The van der Waals surface area contributed by atoms with Crippen LogP contribution < -0.4 is 9.47 Å². The van der Waals surface area contributed by atoms with E-state index in [4.69, 9.17) is 14.2 Å². The van der Waals surface area contributed by atoms with Crippen molar-refractivity contribution in [1.82, 2.24) is 0 Å². The van der Waals surface area contributed by atoms with E-state index < -0.39 is 22.7 Å². The third-order valence-corrected chi connectivity index (χ3v) is 8.96. The quantitative estimate of drug-likeness (QED) is 0.490. The highest BCUT2D eigenvalue weighted by Crippen LogP contribution is 2.68. The van der Waals surface area contributed by atoms with E-state index in [-0.39, 0.29) is 34.9 Å². The SMILES string of the molecule is CC(C)=CCc1c2c(c(O)c3c1O[C@]14C(=C[C@@H]5C[C@H]1C(C)(C)O[C@@]4(CC=C(C)C)C5=O)C3=O)C=C[C@H](C)O2. The molecule has 7 rings (SSSR count). The summed E-state index contributed by atoms with van der Waals surface area (Å²) in [4.78, 5) is 28.5. The monoisotopic (exact) mass is 516 g/mol. The van der Waals surface area contributed by atoms with Crippen molar-refractivity contribution in [2.45, 2.75) is 90.6 Å². The molecule has 3 heterocycles. The van der Waals surface area contributed by atoms with E-state index in [1.807, 2.05) is 66.7 Å². The molecule has 1 spiro atoms. The average Bonchev–Trinajstić information content (AvgIpc) is 2.99. The highest BCUT2D eigenvalue weighted by atomic mass is 16.6. The van der Waals surface area contributed by atoms with E-state index in [2.05, 4.69) is 6.08 Å². The molecule has 0 radical (unpaired) electrons. The minimum absolute atomic E-state index is 0.0299. The molecule has 1 saturated heterocycles. The molecule has 6 nitrogen and oxygen atoms in total. The Morgan fingerprint density at radius 1 is 1.11 bits per heavy atom. The lowest BCUT2D eigenvalue weighted by atomic mass is 9.51. The molecule has 4 bridgehead atoms. The molecule has 200 valence electrons. The van der Waals surface area contributed by atoms with Gasteiger partial charge in [-0.25, -0.2) is 0 Å². The highest BCUT2D eigenvalue weighted by Gasteiger charge is 2.81. The number of phenolic OH excluding ortho intramolecular Hbond substituents is 1. The zero-order valence-corrected chi connectivity index (χ0v) is 23.2. The maximum atomic E-state index is 14.4. The van der Waals surface area contributed by atoms with Gasteiger partial charge in [0.25, 0.3) is 0 Å². The van der Waals surface area contributed by atoms with Crippen LogP contribution in [-0.2, 0) is 16.0 Å². The molecule has 1 aromatic rings. The fraction of sp³-hybridized carbons (Fsp3) is 0.500. The summed E-state index contributed by atoms with van der Waals surface area (Å²) in [5, 5.41) is 11.5. The van der Waals surface area contributed by atoms with Crippen molar-refractivity contribution < 1.29 is 28.9 Å². The molecular weight excluding hydrogens is 480 g/mol. The van der Waals surface area contributed by atoms with Gasteiger partial charge in [0, 0.05) is 29.4 Å². The van der Waals surface area contributed by atoms with E-state index in [1.54, 1.807) is 6.08 Å². The van der Waals surface area contributed by atoms with Crippen molar-refractivity contribution in [2.75, 3.05) is 0 Å². The van der Waals surface area contributed by atoms with Crippen molar-refractivity contribution >= 4 is 17.6 Å². The summed E-state index contributed by atoms with van der Waals surface area (Å²) in [6, 6.07) is 0. The van der Waals surface area contributed by atoms with Crippen molar-refractivity contribution in [3.63, 3.8) is 0 Å². The molecular formula is C32H36O6. The first-order valence-corrected chi connectivity index (χ1v) is 13.6. The summed E-state index contributed by atoms with van der Waals surface area (Å²) in [7, 11) is 0. The zero-order valence-electron chi connectivity index (χ0n) is 23.2. The lowest BCUT2D eigenvalue weighted by Crippen LogP contribution is -2.72. The van der Waals surface area contributed by atoms with Gasteiger partial charge in [0.1, 0.15) is 28.9 Å². The van der Waals surface area contributed by atoms with Gasteiger partial charge in [0.15, 0.2) is 22.8 Å². The number of Topliss-reactive ketones (excluding diaryl/α,β-unsaturated/α-hetero) is 2. The van der Waals surface area contributed by atoms with Crippen LogP contribution in [0.15, 0.2) is 41.0 Å². The van der Waals surface area contributed by atoms with Crippen LogP contribution in [-0.4, -0.2) is 39.6 Å². The maximum absolute atomic E-state index is 14.4. The van der Waals surface area contributed by atoms with Gasteiger partial charge in [-0.2, -0.15) is 0 Å². The number of carbonyl (C=O) groups is 2. The minimum Gasteiger partial charge on any atom is -0.506 e. The van der Waals surface area contributed by atoms with Crippen LogP contribution in [0.4, 0.5) is 0 Å². The second-order valence-electron chi connectivity index (χ2n) is 12.5. The lowest BCUT2D eigenvalue weighted by Gasteiger charge is -2.56. The Kier molecular flexibility index (Phi) is 5.27. The number of rotatable bonds is 4. The van der Waals surface area contributed by atoms with Crippen LogP contribution in [0.3, 0.4) is 0 Å². The van der Waals surface area contributed by atoms with Crippen LogP contribution in [0.25, 0.3) is 6.08 Å². The molecule has 1 saturated carbocycles. The van der Waals surface area contributed by atoms with Gasteiger partial charge >= 0.3 is 0 Å². The lowest BCUT2D eigenvalue weighted by molar-refractivity contribution is -0.171. The number of ketones is 2. The Labute approximate surface area is 224 Å². The number of ether oxygens (including phenoxy) is 3. The Balaban J connectivity index is 1.67. The van der Waals surface area contributed by atoms with Gasteiger partial charge in [0.05, 0.1) is 11.2 Å². The van der Waals surface area contributed by atoms with Crippen LogP contribution in [0.2, 0.25) is 0 Å². The second kappa shape index (κ2) is 7.95. The zero-order chi connectivity index (χ0) is 27.4. The molecule has 3 aliphatic heterocycles. The van der Waals surface area contributed by atoms with Gasteiger partial charge < -0.3 is 19.3 Å². The van der Waals surface area contributed by atoms with Gasteiger partial charge in [-0.05, 0) is 73.5 Å². The molecule has 0 aromatic heterocycles. The smallest absolute Gasteiger partial charge is 0.200 e. The topological polar surface area (TPSA) is 82.1 Å². The minimum atomic E-state index is -1.33. The van der Waals surface area contributed by atoms with Gasteiger partial charge in [-0.1, -0.05) is 29.4 Å². The van der Waals surface area contributed by atoms with Crippen LogP contribution in [0.1, 0.15) is 82.8 Å². The Morgan fingerprint density at radius 2 is 1.82 bits per heavy atom. The molecule has 6 aliphatic rings. The number of hydrogen-bond acceptors (Lipinski definition) is 6. The Hall–Kier alpha value is -3.12. The molecule has 38 heavy (non-hydrogen) atoms. The summed E-state index contributed by atoms with van der Waals surface area (Å²) in [6.07, 6.45) is 10.7.